The quantitative estimate of drug-likeness (QED) is 0.425. The number of rotatable bonds is 4. The molecule has 0 heterocycles. The third kappa shape index (κ3) is 7.09. The Bertz CT molecular complexity index is 539. The molecule has 0 aliphatic rings. The molecule has 2 aromatic rings. The van der Waals surface area contributed by atoms with Crippen molar-refractivity contribution in [3.63, 3.8) is 0 Å². The van der Waals surface area contributed by atoms with Crippen molar-refractivity contribution in [3.8, 4) is 0 Å². The van der Waals surface area contributed by atoms with Gasteiger partial charge in [0.1, 0.15) is 0 Å². The Morgan fingerprint density at radius 2 is 1.10 bits per heavy atom. The molecule has 106 valence electrons. The summed E-state index contributed by atoms with van der Waals surface area (Å²) in [6.45, 7) is 0. The molecule has 0 atom stereocenters. The molecule has 0 spiro atoms. The van der Waals surface area contributed by atoms with Gasteiger partial charge in [0.05, 0.1) is 0 Å². The Balaban J connectivity index is 1.67. The number of nitrogens with one attached hydrogen (secondary N) is 2. The Kier molecular flexibility index (Phi) is 8.01. The Hall–Kier alpha value is -0.158. The number of hydrogen-bond acceptors (Lipinski definition) is 4. The van der Waals surface area contributed by atoms with E-state index in [-0.39, 0.29) is 0 Å². The molecule has 0 saturated carbocycles. The van der Waals surface area contributed by atoms with Gasteiger partial charge < -0.3 is 0 Å². The molecule has 7 heteroatoms. The van der Waals surface area contributed by atoms with Gasteiger partial charge in [0.15, 0.2) is 0 Å². The van der Waals surface area contributed by atoms with Gasteiger partial charge in [-0.15, -0.1) is 0 Å². The van der Waals surface area contributed by atoms with Crippen molar-refractivity contribution in [3.05, 3.63) is 60.7 Å². The summed E-state index contributed by atoms with van der Waals surface area (Å²) < 4.78 is 1.67. The standard InChI is InChI=1S/2C7H7NS2.Pb/c2*9-7(10)8-6-4-2-1-3-5-6;/h2*1-5H,(H2,8,9,10);/q;;+2/p-2. The molecule has 0 bridgehead atoms. The van der Waals surface area contributed by atoms with Gasteiger partial charge in [-0.05, 0) is 0 Å². The number of anilines is 2. The van der Waals surface area contributed by atoms with Crippen molar-refractivity contribution in [1.82, 2.24) is 0 Å². The van der Waals surface area contributed by atoms with Gasteiger partial charge in [0, 0.05) is 0 Å². The molecule has 2 radical (unpaired) electrons. The molecule has 0 aliphatic heterocycles. The molecule has 2 N–H and O–H groups in total. The van der Waals surface area contributed by atoms with E-state index in [0.29, 0.717) is 0 Å². The molecule has 2 aromatic carbocycles. The molecule has 0 aliphatic carbocycles. The number of thiocarbonyl (C=S) groups is 2. The van der Waals surface area contributed by atoms with E-state index in [1.54, 1.807) is 16.6 Å². The summed E-state index contributed by atoms with van der Waals surface area (Å²) in [5.74, 6) is 0. The molecule has 0 amide bonds. The molecule has 0 unspecified atom stereocenters. The van der Waals surface area contributed by atoms with Crippen LogP contribution in [0.3, 0.4) is 0 Å². The maximum atomic E-state index is 5.34. The monoisotopic (exact) mass is 544 g/mol. The van der Waals surface area contributed by atoms with Crippen LogP contribution < -0.4 is 10.6 Å². The van der Waals surface area contributed by atoms with E-state index in [2.05, 4.69) is 10.6 Å². The van der Waals surface area contributed by atoms with Crippen LogP contribution in [0.1, 0.15) is 0 Å². The number of hydrogen-bond donors (Lipinski definition) is 2. The number of benzene rings is 2. The third-order valence-corrected chi connectivity index (χ3v) is 18.3. The predicted octanol–water partition coefficient (Wildman–Crippen LogP) is 4.78. The van der Waals surface area contributed by atoms with Crippen LogP contribution in [0.5, 0.6) is 0 Å². The minimum atomic E-state index is -0.995. The summed E-state index contributed by atoms with van der Waals surface area (Å²) in [6, 6.07) is 20.0. The van der Waals surface area contributed by atoms with Crippen LogP contribution in [-0.2, 0) is 0 Å². The van der Waals surface area contributed by atoms with E-state index in [0.717, 1.165) is 20.0 Å². The first kappa shape index (κ1) is 17.2. The van der Waals surface area contributed by atoms with Gasteiger partial charge in [0.25, 0.3) is 0 Å². The summed E-state index contributed by atoms with van der Waals surface area (Å²) in [7, 11) is 3.52. The number of para-hydroxylation sites is 2. The first-order valence-electron chi connectivity index (χ1n) is 6.05. The molecule has 2 nitrogen and oxygen atoms in total. The van der Waals surface area contributed by atoms with Gasteiger partial charge in [0.2, 0.25) is 0 Å². The third-order valence-electron chi connectivity index (χ3n) is 2.31. The van der Waals surface area contributed by atoms with E-state index in [1.165, 1.54) is 0 Å². The van der Waals surface area contributed by atoms with E-state index < -0.39 is 21.2 Å². The van der Waals surface area contributed by atoms with E-state index in [1.807, 2.05) is 60.7 Å². The van der Waals surface area contributed by atoms with Crippen LogP contribution in [0.25, 0.3) is 0 Å². The summed E-state index contributed by atoms with van der Waals surface area (Å²) in [4.78, 5) is 0. The van der Waals surface area contributed by atoms with Gasteiger partial charge >= 0.3 is 154 Å². The molecule has 0 fully saturated rings. The molecule has 0 aromatic heterocycles. The van der Waals surface area contributed by atoms with Crippen molar-refractivity contribution >= 4 is 82.3 Å². The van der Waals surface area contributed by atoms with Crippen molar-refractivity contribution in [2.45, 2.75) is 0 Å². The zero-order valence-corrected chi connectivity index (χ0v) is 18.1. The van der Waals surface area contributed by atoms with Crippen LogP contribution in [0, 0.1) is 0 Å². The topological polar surface area (TPSA) is 24.1 Å². The van der Waals surface area contributed by atoms with Gasteiger partial charge in [-0.2, -0.15) is 0 Å². The van der Waals surface area contributed by atoms with Crippen LogP contribution >= 0.6 is 41.1 Å². The zero-order valence-electron chi connectivity index (χ0n) is 10.9. The predicted molar refractivity (Wildman–Crippen MR) is 106 cm³/mol. The fourth-order valence-corrected chi connectivity index (χ4v) is 16.1. The zero-order chi connectivity index (χ0) is 14.9. The van der Waals surface area contributed by atoms with Crippen molar-refractivity contribution in [1.29, 1.82) is 0 Å². The Labute approximate surface area is 152 Å². The summed E-state index contributed by atoms with van der Waals surface area (Å²) in [5, 5.41) is 6.46. The molecular formula is C14H12N2PbS4. The second kappa shape index (κ2) is 9.78. The Morgan fingerprint density at radius 3 is 1.48 bits per heavy atom. The second-order valence-corrected chi connectivity index (χ2v) is 17.7. The SMILES string of the molecule is S=C(Nc1ccccc1)[S][Pb][S]C(=S)Nc1ccccc1. The molecule has 21 heavy (non-hydrogen) atoms. The Morgan fingerprint density at radius 1 is 0.714 bits per heavy atom. The first-order valence-corrected chi connectivity index (χ1v) is 18.0. The van der Waals surface area contributed by atoms with Gasteiger partial charge in [-0.3, -0.25) is 0 Å². The average Bonchev–Trinajstić information content (AvgIpc) is 2.49. The maximum absolute atomic E-state index is 5.34. The van der Waals surface area contributed by atoms with Crippen LogP contribution in [0.4, 0.5) is 11.4 Å². The first-order chi connectivity index (χ1) is 10.2. The van der Waals surface area contributed by atoms with Gasteiger partial charge in [-0.25, -0.2) is 0 Å². The summed E-state index contributed by atoms with van der Waals surface area (Å²) >= 11 is 9.69. The van der Waals surface area contributed by atoms with Crippen molar-refractivity contribution in [2.24, 2.45) is 0 Å². The normalized spacial score (nSPS) is 9.90. The molecule has 0 saturated heterocycles. The molecule has 2 rings (SSSR count). The fourth-order valence-electron chi connectivity index (χ4n) is 1.43. The van der Waals surface area contributed by atoms with Crippen LogP contribution in [0.15, 0.2) is 60.7 Å². The fraction of sp³-hybridized carbons (Fsp3) is 0. The van der Waals surface area contributed by atoms with E-state index in [4.69, 9.17) is 24.4 Å². The summed E-state index contributed by atoms with van der Waals surface area (Å²) in [5.41, 5.74) is 2.07. The van der Waals surface area contributed by atoms with E-state index in [9.17, 15) is 0 Å². The van der Waals surface area contributed by atoms with Crippen molar-refractivity contribution < 1.29 is 0 Å². The van der Waals surface area contributed by atoms with E-state index >= 15 is 0 Å². The second-order valence-electron chi connectivity index (χ2n) is 3.84. The van der Waals surface area contributed by atoms with Gasteiger partial charge in [-0.1, -0.05) is 0 Å². The van der Waals surface area contributed by atoms with Crippen LogP contribution in [-0.4, -0.2) is 29.9 Å². The van der Waals surface area contributed by atoms with Crippen LogP contribution in [0.2, 0.25) is 0 Å². The summed E-state index contributed by atoms with van der Waals surface area (Å²) in [6.07, 6.45) is 0. The van der Waals surface area contributed by atoms with Crippen molar-refractivity contribution in [2.75, 3.05) is 10.6 Å². The molecular weight excluding hydrogens is 532 g/mol. The minimum absolute atomic E-state index is 0.833. The average molecular weight is 544 g/mol.